The summed E-state index contributed by atoms with van der Waals surface area (Å²) in [5.41, 5.74) is 7.29. The maximum Gasteiger partial charge on any atom is 0.134 e. The molecule has 0 unspecified atom stereocenters. The summed E-state index contributed by atoms with van der Waals surface area (Å²) < 4.78 is 7.17. The van der Waals surface area contributed by atoms with Crippen molar-refractivity contribution in [2.45, 2.75) is 26.8 Å². The number of methoxy groups -OCH3 is 1. The van der Waals surface area contributed by atoms with Crippen molar-refractivity contribution in [3.05, 3.63) is 78.1 Å². The summed E-state index contributed by atoms with van der Waals surface area (Å²) in [7, 11) is 1.64. The number of aromatic nitrogens is 3. The minimum Gasteiger partial charge on any atom is -0.497 e. The van der Waals surface area contributed by atoms with Gasteiger partial charge in [0.1, 0.15) is 18.1 Å². The van der Waals surface area contributed by atoms with Crippen LogP contribution in [0, 0.1) is 18.3 Å². The first-order valence-corrected chi connectivity index (χ1v) is 10.6. The van der Waals surface area contributed by atoms with Crippen molar-refractivity contribution in [1.82, 2.24) is 14.8 Å². The highest BCUT2D eigenvalue weighted by Gasteiger charge is 2.17. The molecule has 0 N–H and O–H groups in total. The van der Waals surface area contributed by atoms with Gasteiger partial charge in [-0.15, -0.1) is 0 Å². The van der Waals surface area contributed by atoms with E-state index >= 15 is 0 Å². The third-order valence-corrected chi connectivity index (χ3v) is 5.42. The highest BCUT2D eigenvalue weighted by molar-refractivity contribution is 5.85. The van der Waals surface area contributed by atoms with E-state index in [2.05, 4.69) is 22.2 Å². The zero-order valence-corrected chi connectivity index (χ0v) is 18.9. The van der Waals surface area contributed by atoms with Crippen LogP contribution < -0.4 is 4.74 Å². The summed E-state index contributed by atoms with van der Waals surface area (Å²) in [5, 5.41) is 13.8. The van der Waals surface area contributed by atoms with Gasteiger partial charge in [-0.1, -0.05) is 24.3 Å². The van der Waals surface area contributed by atoms with E-state index in [1.54, 1.807) is 31.1 Å². The Kier molecular flexibility index (Phi) is 6.32. The number of hydrogen-bond donors (Lipinski definition) is 0. The van der Waals surface area contributed by atoms with Gasteiger partial charge < -0.3 is 4.74 Å². The van der Waals surface area contributed by atoms with E-state index in [0.29, 0.717) is 6.42 Å². The van der Waals surface area contributed by atoms with Crippen molar-refractivity contribution in [1.29, 1.82) is 5.26 Å². The van der Waals surface area contributed by atoms with Crippen molar-refractivity contribution in [3.63, 3.8) is 0 Å². The van der Waals surface area contributed by atoms with Crippen molar-refractivity contribution in [2.24, 2.45) is 0 Å². The first-order chi connectivity index (χ1) is 16.0. The van der Waals surface area contributed by atoms with Gasteiger partial charge in [-0.05, 0) is 60.9 Å². The Morgan fingerprint density at radius 2 is 1.91 bits per heavy atom. The molecule has 0 aliphatic rings. The normalized spacial score (nSPS) is 10.6. The lowest BCUT2D eigenvalue weighted by molar-refractivity contribution is -0.116. The molecule has 0 spiro atoms. The molecule has 0 atom stereocenters. The topological polar surface area (TPSA) is 80.8 Å². The predicted octanol–water partition coefficient (Wildman–Crippen LogP) is 5.25. The van der Waals surface area contributed by atoms with E-state index in [0.717, 1.165) is 50.5 Å². The van der Waals surface area contributed by atoms with Gasteiger partial charge >= 0.3 is 0 Å². The number of ether oxygens (including phenoxy) is 1. The molecule has 2 heterocycles. The van der Waals surface area contributed by atoms with Crippen molar-refractivity contribution >= 4 is 5.78 Å². The average Bonchev–Trinajstić information content (AvgIpc) is 3.23. The molecule has 4 aromatic rings. The Labute approximate surface area is 193 Å². The van der Waals surface area contributed by atoms with Gasteiger partial charge in [-0.25, -0.2) is 0 Å². The number of Topliss-reactive ketones (excluding diaryl/α,β-unsaturated/α-hetero) is 1. The molecule has 0 aliphatic heterocycles. The lowest BCUT2D eigenvalue weighted by Gasteiger charge is -2.12. The predicted molar refractivity (Wildman–Crippen MR) is 128 cm³/mol. The monoisotopic (exact) mass is 436 g/mol. The van der Waals surface area contributed by atoms with E-state index in [9.17, 15) is 10.1 Å². The maximum absolute atomic E-state index is 11.8. The van der Waals surface area contributed by atoms with Crippen LogP contribution in [0.4, 0.5) is 0 Å². The second-order valence-corrected chi connectivity index (χ2v) is 7.93. The number of rotatable bonds is 7. The highest BCUT2D eigenvalue weighted by Crippen LogP contribution is 2.36. The lowest BCUT2D eigenvalue weighted by atomic mass is 9.96. The van der Waals surface area contributed by atoms with Gasteiger partial charge in [0, 0.05) is 29.3 Å². The molecule has 0 fully saturated rings. The molecule has 0 bridgehead atoms. The first kappa shape index (κ1) is 22.0. The molecule has 0 amide bonds. The van der Waals surface area contributed by atoms with Crippen LogP contribution in [0.5, 0.6) is 5.75 Å². The smallest absolute Gasteiger partial charge is 0.134 e. The standard InChI is InChI=1S/C27H24N4O2/c1-18-12-22(15-23(13-18)33-3)27-25(17-30-31(27)11-9-28)21-8-10-29-26(16-21)24-7-5-4-6-20(24)14-19(2)32/h4-8,10,12-13,15-17H,11,14H2,1-3H3. The zero-order valence-electron chi connectivity index (χ0n) is 18.9. The third kappa shape index (κ3) is 4.68. The van der Waals surface area contributed by atoms with E-state index in [1.165, 1.54) is 0 Å². The third-order valence-electron chi connectivity index (χ3n) is 5.42. The molecule has 0 aliphatic carbocycles. The Balaban J connectivity index is 1.87. The number of nitrogens with zero attached hydrogens (tertiary/aromatic N) is 4. The zero-order chi connectivity index (χ0) is 23.4. The largest absolute Gasteiger partial charge is 0.497 e. The summed E-state index contributed by atoms with van der Waals surface area (Å²) >= 11 is 0. The van der Waals surface area contributed by atoms with Crippen LogP contribution >= 0.6 is 0 Å². The Morgan fingerprint density at radius 3 is 2.67 bits per heavy atom. The Hall–Kier alpha value is -4.24. The van der Waals surface area contributed by atoms with Crippen LogP contribution in [-0.4, -0.2) is 27.7 Å². The molecule has 0 saturated carbocycles. The van der Waals surface area contributed by atoms with E-state index in [4.69, 9.17) is 4.74 Å². The minimum absolute atomic E-state index is 0.104. The number of benzene rings is 2. The van der Waals surface area contributed by atoms with Crippen LogP contribution in [0.2, 0.25) is 0 Å². The number of carbonyl (C=O) groups excluding carboxylic acids is 1. The fraction of sp³-hybridized carbons (Fsp3) is 0.185. The van der Waals surface area contributed by atoms with Gasteiger partial charge in [-0.3, -0.25) is 14.5 Å². The summed E-state index contributed by atoms with van der Waals surface area (Å²) in [6.45, 7) is 3.73. The molecule has 2 aromatic carbocycles. The number of hydrogen-bond acceptors (Lipinski definition) is 5. The van der Waals surface area contributed by atoms with Gasteiger partial charge in [0.2, 0.25) is 0 Å². The summed E-state index contributed by atoms with van der Waals surface area (Å²) in [5.74, 6) is 0.848. The first-order valence-electron chi connectivity index (χ1n) is 10.6. The van der Waals surface area contributed by atoms with Crippen LogP contribution in [0.25, 0.3) is 33.6 Å². The number of pyridine rings is 1. The van der Waals surface area contributed by atoms with Crippen molar-refractivity contribution < 1.29 is 9.53 Å². The Bertz CT molecular complexity index is 1360. The van der Waals surface area contributed by atoms with E-state index in [-0.39, 0.29) is 12.3 Å². The molecule has 0 saturated heterocycles. The fourth-order valence-corrected chi connectivity index (χ4v) is 4.03. The molecule has 2 aromatic heterocycles. The minimum atomic E-state index is 0.104. The van der Waals surface area contributed by atoms with Crippen LogP contribution in [0.1, 0.15) is 18.1 Å². The fourth-order valence-electron chi connectivity index (χ4n) is 4.03. The second kappa shape index (κ2) is 9.49. The van der Waals surface area contributed by atoms with Gasteiger partial charge in [-0.2, -0.15) is 10.4 Å². The second-order valence-electron chi connectivity index (χ2n) is 7.93. The lowest BCUT2D eigenvalue weighted by Crippen LogP contribution is -2.01. The van der Waals surface area contributed by atoms with E-state index in [1.807, 2.05) is 55.5 Å². The molecule has 6 heteroatoms. The number of ketones is 1. The number of aryl methyl sites for hydroxylation is 1. The molecule has 6 nitrogen and oxygen atoms in total. The van der Waals surface area contributed by atoms with Gasteiger partial charge in [0.25, 0.3) is 0 Å². The average molecular weight is 437 g/mol. The number of nitriles is 1. The van der Waals surface area contributed by atoms with Crippen molar-refractivity contribution in [3.8, 4) is 45.5 Å². The SMILES string of the molecule is COc1cc(C)cc(-c2c(-c3ccnc(-c4ccccc4CC(C)=O)c3)cnn2CC#N)c1. The molecule has 164 valence electrons. The number of carbonyl (C=O) groups is 1. The molecular weight excluding hydrogens is 412 g/mol. The molecule has 4 rings (SSSR count). The van der Waals surface area contributed by atoms with Crippen molar-refractivity contribution in [2.75, 3.05) is 7.11 Å². The molecule has 0 radical (unpaired) electrons. The van der Waals surface area contributed by atoms with Crippen LogP contribution in [-0.2, 0) is 17.8 Å². The van der Waals surface area contributed by atoms with Crippen LogP contribution in [0.3, 0.4) is 0 Å². The summed E-state index contributed by atoms with van der Waals surface area (Å²) in [4.78, 5) is 16.3. The molecular formula is C27H24N4O2. The van der Waals surface area contributed by atoms with Gasteiger partial charge in [0.05, 0.1) is 30.8 Å². The van der Waals surface area contributed by atoms with Crippen LogP contribution in [0.15, 0.2) is 67.0 Å². The highest BCUT2D eigenvalue weighted by atomic mass is 16.5. The summed E-state index contributed by atoms with van der Waals surface area (Å²) in [6, 6.07) is 19.9. The molecule has 33 heavy (non-hydrogen) atoms. The Morgan fingerprint density at radius 1 is 1.09 bits per heavy atom. The van der Waals surface area contributed by atoms with E-state index < -0.39 is 0 Å². The maximum atomic E-state index is 11.8. The van der Waals surface area contributed by atoms with Gasteiger partial charge in [0.15, 0.2) is 0 Å². The summed E-state index contributed by atoms with van der Waals surface area (Å²) in [6.07, 6.45) is 3.90. The quantitative estimate of drug-likeness (QED) is 0.395.